The van der Waals surface area contributed by atoms with Crippen molar-refractivity contribution >= 4 is 34.6 Å². The van der Waals surface area contributed by atoms with E-state index in [1.807, 2.05) is 6.92 Å². The molecule has 0 heterocycles. The molecule has 3 rings (SSSR count). The zero-order valence-corrected chi connectivity index (χ0v) is 29.2. The van der Waals surface area contributed by atoms with Crippen LogP contribution >= 0.6 is 0 Å². The van der Waals surface area contributed by atoms with Gasteiger partial charge in [-0.1, -0.05) is 131 Å². The van der Waals surface area contributed by atoms with Gasteiger partial charge in [-0.25, -0.2) is 0 Å². The molecule has 0 saturated heterocycles. The Hall–Kier alpha value is -2.58. The lowest BCUT2D eigenvalue weighted by Gasteiger charge is -2.44. The highest BCUT2D eigenvalue weighted by Gasteiger charge is 2.50. The topological polar surface area (TPSA) is 69.7 Å². The molecule has 0 bridgehead atoms. The summed E-state index contributed by atoms with van der Waals surface area (Å²) in [7, 11) is -6.29. The molecule has 3 aromatic rings. The van der Waals surface area contributed by atoms with Gasteiger partial charge >= 0.3 is 0 Å². The third kappa shape index (κ3) is 10.5. The third-order valence-corrected chi connectivity index (χ3v) is 14.8. The SMILES string of the molecule is Cc1ccc(S(=O)(=O)OCCCCCCCCCC(=O)CCC(C)O[Si](c2ccccc2)(c2ccccc2)C(C)(C)C)cc1. The number of ketones is 1. The second-order valence-corrected chi connectivity index (χ2v) is 18.9. The van der Waals surface area contributed by atoms with Crippen molar-refractivity contribution < 1.29 is 21.8 Å². The summed E-state index contributed by atoms with van der Waals surface area (Å²) in [5.74, 6) is 0.315. The molecular weight excluding hydrogens is 585 g/mol. The molecule has 0 aliphatic rings. The van der Waals surface area contributed by atoms with Crippen LogP contribution in [0, 0.1) is 6.92 Å². The van der Waals surface area contributed by atoms with Gasteiger partial charge in [-0.2, -0.15) is 8.42 Å². The molecule has 7 heteroatoms. The molecule has 3 aromatic carbocycles. The standard InChI is InChI=1S/C37H52O5SSi/c1-31-24-28-34(29-25-31)43(39,40)41-30-18-10-8-6-7-9-13-19-33(38)27-26-32(2)42-44(37(3,4)5,35-20-14-11-15-21-35)36-22-16-12-17-23-36/h11-12,14-17,20-25,28-29,32H,6-10,13,18-19,26-27,30H2,1-5H3. The Balaban J connectivity index is 1.34. The van der Waals surface area contributed by atoms with E-state index in [1.165, 1.54) is 10.4 Å². The Bertz CT molecular complexity index is 1330. The van der Waals surface area contributed by atoms with E-state index in [1.54, 1.807) is 24.3 Å². The third-order valence-electron chi connectivity index (χ3n) is 8.27. The summed E-state index contributed by atoms with van der Waals surface area (Å²) in [5, 5.41) is 2.44. The predicted molar refractivity (Wildman–Crippen MR) is 184 cm³/mol. The summed E-state index contributed by atoms with van der Waals surface area (Å²) < 4.78 is 36.8. The summed E-state index contributed by atoms with van der Waals surface area (Å²) in [6.45, 7) is 11.1. The minimum absolute atomic E-state index is 0.0267. The van der Waals surface area contributed by atoms with E-state index >= 15 is 0 Å². The van der Waals surface area contributed by atoms with Crippen LogP contribution in [0.2, 0.25) is 5.04 Å². The van der Waals surface area contributed by atoms with Gasteiger partial charge in [0.15, 0.2) is 0 Å². The van der Waals surface area contributed by atoms with Gasteiger partial charge < -0.3 is 4.43 Å². The van der Waals surface area contributed by atoms with Crippen molar-refractivity contribution in [2.45, 2.75) is 115 Å². The Morgan fingerprint density at radius 1 is 0.727 bits per heavy atom. The van der Waals surface area contributed by atoms with Crippen LogP contribution < -0.4 is 10.4 Å². The lowest BCUT2D eigenvalue weighted by molar-refractivity contribution is -0.119. The van der Waals surface area contributed by atoms with E-state index in [9.17, 15) is 13.2 Å². The Kier molecular flexibility index (Phi) is 14.0. The first-order valence-electron chi connectivity index (χ1n) is 16.2. The number of aryl methyl sites for hydroxylation is 1. The van der Waals surface area contributed by atoms with Crippen molar-refractivity contribution in [3.63, 3.8) is 0 Å². The van der Waals surface area contributed by atoms with Crippen molar-refractivity contribution in [2.24, 2.45) is 0 Å². The van der Waals surface area contributed by atoms with E-state index in [0.717, 1.165) is 56.9 Å². The molecule has 5 nitrogen and oxygen atoms in total. The highest BCUT2D eigenvalue weighted by Crippen LogP contribution is 2.38. The lowest BCUT2D eigenvalue weighted by Crippen LogP contribution is -2.67. The van der Waals surface area contributed by atoms with Crippen LogP contribution in [0.1, 0.15) is 97.5 Å². The summed E-state index contributed by atoms with van der Waals surface area (Å²) in [4.78, 5) is 13.0. The zero-order valence-electron chi connectivity index (χ0n) is 27.4. The highest BCUT2D eigenvalue weighted by molar-refractivity contribution is 7.86. The molecular formula is C37H52O5SSi. The van der Waals surface area contributed by atoms with Crippen LogP contribution in [-0.4, -0.2) is 35.2 Å². The first-order valence-corrected chi connectivity index (χ1v) is 19.5. The molecule has 0 aliphatic carbocycles. The van der Waals surface area contributed by atoms with Gasteiger partial charge in [-0.05, 0) is 60.7 Å². The smallest absolute Gasteiger partial charge is 0.296 e. The van der Waals surface area contributed by atoms with Crippen LogP contribution in [0.3, 0.4) is 0 Å². The number of hydrogen-bond acceptors (Lipinski definition) is 5. The molecule has 0 radical (unpaired) electrons. The van der Waals surface area contributed by atoms with Crippen molar-refractivity contribution in [1.82, 2.24) is 0 Å². The fourth-order valence-electron chi connectivity index (χ4n) is 5.79. The van der Waals surface area contributed by atoms with E-state index < -0.39 is 18.4 Å². The molecule has 0 fully saturated rings. The number of carbonyl (C=O) groups is 1. The molecule has 1 unspecified atom stereocenters. The number of unbranched alkanes of at least 4 members (excludes halogenated alkanes) is 6. The molecule has 1 atom stereocenters. The number of benzene rings is 3. The van der Waals surface area contributed by atoms with Gasteiger partial charge in [0.1, 0.15) is 5.78 Å². The van der Waals surface area contributed by atoms with E-state index in [4.69, 9.17) is 8.61 Å². The monoisotopic (exact) mass is 636 g/mol. The number of Topliss-reactive ketones (excluding diaryl/α,β-unsaturated/α-hetero) is 1. The number of carbonyl (C=O) groups excluding carboxylic acids is 1. The minimum Gasteiger partial charge on any atom is -0.405 e. The van der Waals surface area contributed by atoms with Crippen molar-refractivity contribution in [2.75, 3.05) is 6.61 Å². The van der Waals surface area contributed by atoms with Crippen molar-refractivity contribution in [3.8, 4) is 0 Å². The largest absolute Gasteiger partial charge is 0.405 e. The van der Waals surface area contributed by atoms with Gasteiger partial charge in [-0.3, -0.25) is 8.98 Å². The van der Waals surface area contributed by atoms with Gasteiger partial charge in [-0.15, -0.1) is 0 Å². The molecule has 0 spiro atoms. The van der Waals surface area contributed by atoms with Crippen LogP contribution in [0.25, 0.3) is 0 Å². The minimum atomic E-state index is -3.68. The van der Waals surface area contributed by atoms with E-state index in [0.29, 0.717) is 18.6 Å². The van der Waals surface area contributed by atoms with Gasteiger partial charge in [0.05, 0.1) is 11.5 Å². The Morgan fingerprint density at radius 3 is 1.75 bits per heavy atom. The molecule has 0 N–H and O–H groups in total. The molecule has 0 aromatic heterocycles. The van der Waals surface area contributed by atoms with E-state index in [-0.39, 0.29) is 22.6 Å². The first kappa shape index (κ1) is 35.9. The van der Waals surface area contributed by atoms with Crippen LogP contribution in [-0.2, 0) is 23.5 Å². The second-order valence-electron chi connectivity index (χ2n) is 13.0. The van der Waals surface area contributed by atoms with Crippen LogP contribution in [0.15, 0.2) is 89.8 Å². The van der Waals surface area contributed by atoms with Gasteiger partial charge in [0, 0.05) is 18.9 Å². The van der Waals surface area contributed by atoms with Crippen molar-refractivity contribution in [3.05, 3.63) is 90.5 Å². The lowest BCUT2D eigenvalue weighted by atomic mass is 10.0. The summed E-state index contributed by atoms with van der Waals surface area (Å²) in [6, 6.07) is 28.0. The average molecular weight is 637 g/mol. The number of rotatable bonds is 19. The van der Waals surface area contributed by atoms with Gasteiger partial charge in [0.25, 0.3) is 18.4 Å². The maximum absolute atomic E-state index is 12.7. The van der Waals surface area contributed by atoms with Crippen molar-refractivity contribution in [1.29, 1.82) is 0 Å². The number of hydrogen-bond donors (Lipinski definition) is 0. The maximum atomic E-state index is 12.7. The molecule has 0 saturated carbocycles. The quantitative estimate of drug-likeness (QED) is 0.0755. The zero-order chi connectivity index (χ0) is 32.1. The fourth-order valence-corrected chi connectivity index (χ4v) is 11.5. The summed E-state index contributed by atoms with van der Waals surface area (Å²) in [6.07, 6.45) is 8.69. The Morgan fingerprint density at radius 2 is 1.23 bits per heavy atom. The average Bonchev–Trinajstić information content (AvgIpc) is 3.00. The summed E-state index contributed by atoms with van der Waals surface area (Å²) in [5.41, 5.74) is 1.01. The molecule has 44 heavy (non-hydrogen) atoms. The molecule has 0 aliphatic heterocycles. The van der Waals surface area contributed by atoms with Crippen LogP contribution in [0.5, 0.6) is 0 Å². The molecule has 240 valence electrons. The van der Waals surface area contributed by atoms with E-state index in [2.05, 4.69) is 88.4 Å². The normalized spacial score (nSPS) is 13.1. The second kappa shape index (κ2) is 17.2. The first-order chi connectivity index (χ1) is 21.0. The molecule has 0 amide bonds. The van der Waals surface area contributed by atoms with Crippen LogP contribution in [0.4, 0.5) is 0 Å². The Labute approximate surface area is 267 Å². The highest BCUT2D eigenvalue weighted by atomic mass is 32.2. The summed E-state index contributed by atoms with van der Waals surface area (Å²) >= 11 is 0. The predicted octanol–water partition coefficient (Wildman–Crippen LogP) is 8.14. The van der Waals surface area contributed by atoms with Gasteiger partial charge in [0.2, 0.25) is 0 Å². The maximum Gasteiger partial charge on any atom is 0.296 e. The fraction of sp³-hybridized carbons (Fsp3) is 0.486.